The molecule has 0 atom stereocenters. The summed E-state index contributed by atoms with van der Waals surface area (Å²) in [5.74, 6) is 0. The number of hydrogen-bond donors (Lipinski definition) is 0. The molecule has 54 heavy (non-hydrogen) atoms. The van der Waals surface area contributed by atoms with Crippen molar-refractivity contribution >= 4 is 83.2 Å². The molecule has 11 rings (SSSR count). The van der Waals surface area contributed by atoms with Crippen LogP contribution in [0.3, 0.4) is 0 Å². The highest BCUT2D eigenvalue weighted by molar-refractivity contribution is 6.89. The third kappa shape index (κ3) is 4.14. The summed E-state index contributed by atoms with van der Waals surface area (Å²) >= 11 is 0. The molecule has 0 unspecified atom stereocenters. The van der Waals surface area contributed by atoms with Crippen molar-refractivity contribution in [1.29, 1.82) is 0 Å². The van der Waals surface area contributed by atoms with Crippen molar-refractivity contribution in [2.45, 2.75) is 52.4 Å². The summed E-state index contributed by atoms with van der Waals surface area (Å²) in [6.45, 7) is 14.0. The van der Waals surface area contributed by atoms with E-state index in [1.165, 1.54) is 98.8 Å². The lowest BCUT2D eigenvalue weighted by Gasteiger charge is -2.33. The smallest absolute Gasteiger partial charge is 0.332 e. The van der Waals surface area contributed by atoms with E-state index in [0.29, 0.717) is 0 Å². The highest BCUT2D eigenvalue weighted by Gasteiger charge is 2.40. The Kier molecular flexibility index (Phi) is 6.30. The highest BCUT2D eigenvalue weighted by Crippen LogP contribution is 2.43. The van der Waals surface area contributed by atoms with E-state index in [1.807, 2.05) is 0 Å². The van der Waals surface area contributed by atoms with Crippen LogP contribution < -0.4 is 10.9 Å². The lowest BCUT2D eigenvalue weighted by atomic mass is 9.46. The number of rotatable bonds is 2. The second-order valence-corrected chi connectivity index (χ2v) is 17.4. The molecule has 0 fully saturated rings. The molecule has 7 aromatic carbocycles. The topological polar surface area (TPSA) is 14.8 Å². The summed E-state index contributed by atoms with van der Waals surface area (Å²) in [6.07, 6.45) is 0. The minimum atomic E-state index is -0.0939. The molecule has 0 radical (unpaired) electrons. The zero-order chi connectivity index (χ0) is 36.7. The maximum atomic E-state index is 2.72. The predicted octanol–water partition coefficient (Wildman–Crippen LogP) is 11.6. The first kappa shape index (κ1) is 31.5. The third-order valence-electron chi connectivity index (χ3n) is 12.2. The second-order valence-electron chi connectivity index (χ2n) is 17.4. The molecule has 0 spiro atoms. The standard InChI is InChI=1S/C50H42BN3/c1-49(2,3)31-24-25-34-36-26-28-38(50(4,5)6)46-48(36)53(44(34)30-31)42-23-15-12-20-39(42)51(46)54-41-22-14-10-18-33(41)35-27-29-43-45(47(35)54)37-19-11-13-21-40(37)52(43)32-16-8-7-9-17-32/h7-30H,1-6H3. The zero-order valence-electron chi connectivity index (χ0n) is 31.8. The molecular weight excluding hydrogens is 653 g/mol. The monoisotopic (exact) mass is 695 g/mol. The van der Waals surface area contributed by atoms with Crippen molar-refractivity contribution in [3.8, 4) is 11.4 Å². The maximum Gasteiger partial charge on any atom is 0.332 e. The van der Waals surface area contributed by atoms with Gasteiger partial charge in [0, 0.05) is 54.7 Å². The first-order valence-electron chi connectivity index (χ1n) is 19.3. The second kappa shape index (κ2) is 10.8. The van der Waals surface area contributed by atoms with Crippen molar-refractivity contribution in [2.24, 2.45) is 0 Å². The molecule has 1 aliphatic heterocycles. The van der Waals surface area contributed by atoms with E-state index in [9.17, 15) is 0 Å². The van der Waals surface area contributed by atoms with E-state index in [-0.39, 0.29) is 17.7 Å². The van der Waals surface area contributed by atoms with Crippen LogP contribution in [0.2, 0.25) is 0 Å². The number of nitrogens with zero attached hydrogens (tertiary/aromatic N) is 3. The van der Waals surface area contributed by atoms with E-state index >= 15 is 0 Å². The SMILES string of the molecule is CC(C)(C)c1ccc2c3ccc(C(C)(C)C)c4c3n(c2c1)-c1ccccc1B4n1c2ccccc2c2ccc3c(c4ccccc4n3-c3ccccc3)c21. The molecule has 0 bridgehead atoms. The van der Waals surface area contributed by atoms with Gasteiger partial charge in [0.1, 0.15) is 0 Å². The van der Waals surface area contributed by atoms with Crippen LogP contribution in [0.1, 0.15) is 52.7 Å². The van der Waals surface area contributed by atoms with Gasteiger partial charge in [0.05, 0.1) is 22.1 Å². The fourth-order valence-electron chi connectivity index (χ4n) is 9.79. The largest absolute Gasteiger partial charge is 0.375 e. The zero-order valence-corrected chi connectivity index (χ0v) is 31.8. The number of hydrogen-bond acceptors (Lipinski definition) is 0. The normalized spacial score (nSPS) is 13.3. The molecule has 10 aromatic rings. The van der Waals surface area contributed by atoms with Gasteiger partial charge in [-0.3, -0.25) is 0 Å². The van der Waals surface area contributed by atoms with Gasteiger partial charge in [-0.05, 0) is 75.3 Å². The summed E-state index contributed by atoms with van der Waals surface area (Å²) in [6, 6.07) is 54.8. The van der Waals surface area contributed by atoms with Crippen molar-refractivity contribution in [2.75, 3.05) is 0 Å². The fourth-order valence-corrected chi connectivity index (χ4v) is 9.79. The molecule has 4 heteroatoms. The Hall–Kier alpha value is -6.00. The van der Waals surface area contributed by atoms with Gasteiger partial charge in [-0.25, -0.2) is 0 Å². The lowest BCUT2D eigenvalue weighted by molar-refractivity contribution is 0.591. The van der Waals surface area contributed by atoms with E-state index in [0.717, 1.165) is 0 Å². The van der Waals surface area contributed by atoms with Gasteiger partial charge in [0.25, 0.3) is 0 Å². The van der Waals surface area contributed by atoms with Crippen LogP contribution in [0.5, 0.6) is 0 Å². The predicted molar refractivity (Wildman–Crippen MR) is 232 cm³/mol. The number of aromatic nitrogens is 3. The average molecular weight is 696 g/mol. The van der Waals surface area contributed by atoms with Gasteiger partial charge in [-0.15, -0.1) is 0 Å². The molecule has 3 nitrogen and oxygen atoms in total. The van der Waals surface area contributed by atoms with Crippen LogP contribution in [0.4, 0.5) is 0 Å². The summed E-state index contributed by atoms with van der Waals surface area (Å²) in [5, 5.41) is 7.77. The van der Waals surface area contributed by atoms with Crippen LogP contribution >= 0.6 is 0 Å². The molecule has 0 saturated heterocycles. The van der Waals surface area contributed by atoms with Crippen molar-refractivity contribution in [1.82, 2.24) is 13.6 Å². The van der Waals surface area contributed by atoms with E-state index in [2.05, 4.69) is 201 Å². The minimum Gasteiger partial charge on any atom is -0.375 e. The number of para-hydroxylation sites is 4. The molecule has 0 amide bonds. The quantitative estimate of drug-likeness (QED) is 0.160. The lowest BCUT2D eigenvalue weighted by Crippen LogP contribution is -2.55. The molecule has 1 aliphatic rings. The van der Waals surface area contributed by atoms with Gasteiger partial charge in [0.2, 0.25) is 0 Å². The van der Waals surface area contributed by atoms with Crippen molar-refractivity contribution in [3.05, 3.63) is 157 Å². The number of fused-ring (bicyclic) bond motifs is 12. The summed E-state index contributed by atoms with van der Waals surface area (Å²) in [4.78, 5) is 0. The number of benzene rings is 7. The van der Waals surface area contributed by atoms with E-state index < -0.39 is 0 Å². The van der Waals surface area contributed by atoms with E-state index in [1.54, 1.807) is 0 Å². The summed E-state index contributed by atoms with van der Waals surface area (Å²) < 4.78 is 7.77. The first-order chi connectivity index (χ1) is 26.1. The summed E-state index contributed by atoms with van der Waals surface area (Å²) in [7, 11) is 0. The van der Waals surface area contributed by atoms with Crippen molar-refractivity contribution in [3.63, 3.8) is 0 Å². The highest BCUT2D eigenvalue weighted by atomic mass is 15.0. The first-order valence-corrected chi connectivity index (χ1v) is 19.3. The van der Waals surface area contributed by atoms with Crippen LogP contribution in [-0.2, 0) is 10.8 Å². The Morgan fingerprint density at radius 3 is 1.85 bits per heavy atom. The van der Waals surface area contributed by atoms with Crippen LogP contribution in [0.25, 0.3) is 76.8 Å². The van der Waals surface area contributed by atoms with Crippen LogP contribution in [0, 0.1) is 0 Å². The van der Waals surface area contributed by atoms with Crippen LogP contribution in [0.15, 0.2) is 146 Å². The van der Waals surface area contributed by atoms with Crippen LogP contribution in [-0.4, -0.2) is 20.5 Å². The molecule has 0 saturated carbocycles. The fraction of sp³-hybridized carbons (Fsp3) is 0.160. The minimum absolute atomic E-state index is 0.0360. The van der Waals surface area contributed by atoms with Crippen molar-refractivity contribution < 1.29 is 0 Å². The molecule has 4 heterocycles. The van der Waals surface area contributed by atoms with Gasteiger partial charge < -0.3 is 13.6 Å². The average Bonchev–Trinajstić information content (AvgIpc) is 3.81. The Morgan fingerprint density at radius 1 is 0.444 bits per heavy atom. The van der Waals surface area contributed by atoms with Gasteiger partial charge in [0.15, 0.2) is 0 Å². The Labute approximate surface area is 316 Å². The van der Waals surface area contributed by atoms with Gasteiger partial charge >= 0.3 is 6.85 Å². The molecule has 0 aliphatic carbocycles. The van der Waals surface area contributed by atoms with E-state index in [4.69, 9.17) is 0 Å². The van der Waals surface area contributed by atoms with Gasteiger partial charge in [-0.1, -0.05) is 145 Å². The Balaban J connectivity index is 1.37. The maximum absolute atomic E-state index is 2.72. The summed E-state index contributed by atoms with van der Waals surface area (Å²) in [5.41, 5.74) is 15.5. The third-order valence-corrected chi connectivity index (χ3v) is 12.2. The molecule has 3 aromatic heterocycles. The van der Waals surface area contributed by atoms with Gasteiger partial charge in [-0.2, -0.15) is 0 Å². The Morgan fingerprint density at radius 2 is 1.07 bits per heavy atom. The molecular formula is C50H42BN3. The Bertz CT molecular complexity index is 3180. The molecule has 0 N–H and O–H groups in total. The molecule has 260 valence electrons.